The predicted octanol–water partition coefficient (Wildman–Crippen LogP) is 15.3. The monoisotopic (exact) mass is 844 g/mol. The second kappa shape index (κ2) is 21.2. The summed E-state index contributed by atoms with van der Waals surface area (Å²) in [6.45, 7) is 8.68. The molecule has 0 heterocycles. The largest absolute Gasteiger partial charge is 0.256 e. The third-order valence-electron chi connectivity index (χ3n) is 12.2. The number of hydrogen-bond acceptors (Lipinski definition) is 4. The van der Waals surface area contributed by atoms with E-state index in [0.29, 0.717) is 0 Å². The van der Waals surface area contributed by atoms with Gasteiger partial charge in [-0.05, 0) is 141 Å². The van der Waals surface area contributed by atoms with E-state index in [9.17, 15) is 0 Å². The minimum Gasteiger partial charge on any atom is -0.256 e. The summed E-state index contributed by atoms with van der Waals surface area (Å²) in [5, 5.41) is 0. The molecular weight excluding hydrogens is 789 g/mol. The van der Waals surface area contributed by atoms with E-state index in [2.05, 4.69) is 222 Å². The Morgan fingerprint density at radius 1 is 0.262 bits per heavy atom. The minimum absolute atomic E-state index is 0.700. The molecule has 8 aromatic carbocycles. The van der Waals surface area contributed by atoms with Crippen LogP contribution in [0, 0.1) is 0 Å². The number of hydrogen-bond donors (Lipinski definition) is 0. The standard InChI is InChI=1S/C61H56N4/c1-5-45-17-33-57(34-18-45)62-41-49-9-25-53(26-10-49)61(54-27-11-50(12-28-54)42-63-58-35-19-46(6-2)20-36-58,55-29-13-51(14-30-55)43-64-59-37-21-47(7-3)22-38-59)56-31-15-52(16-32-56)44-65-60-39-23-48(8-4)24-40-60/h9-44H,5-8H2,1-4H3. The summed E-state index contributed by atoms with van der Waals surface area (Å²) in [6, 6.07) is 69.2. The van der Waals surface area contributed by atoms with Gasteiger partial charge in [-0.3, -0.25) is 20.0 Å². The molecule has 0 aromatic heterocycles. The van der Waals surface area contributed by atoms with Gasteiger partial charge in [0.15, 0.2) is 0 Å². The normalized spacial score (nSPS) is 12.7. The first-order chi connectivity index (χ1) is 31.9. The van der Waals surface area contributed by atoms with Gasteiger partial charge in [-0.25, -0.2) is 0 Å². The fourth-order valence-electron chi connectivity index (χ4n) is 8.14. The van der Waals surface area contributed by atoms with E-state index in [1.165, 1.54) is 22.3 Å². The van der Waals surface area contributed by atoms with Crippen molar-refractivity contribution in [1.29, 1.82) is 0 Å². The lowest BCUT2D eigenvalue weighted by Crippen LogP contribution is -2.31. The summed E-state index contributed by atoms with van der Waals surface area (Å²) in [6.07, 6.45) is 11.8. The Morgan fingerprint density at radius 2 is 0.446 bits per heavy atom. The van der Waals surface area contributed by atoms with Crippen LogP contribution in [0.2, 0.25) is 0 Å². The molecule has 0 unspecified atom stereocenters. The van der Waals surface area contributed by atoms with Crippen LogP contribution in [0.5, 0.6) is 0 Å². The van der Waals surface area contributed by atoms with Gasteiger partial charge < -0.3 is 0 Å². The molecule has 0 aliphatic rings. The average Bonchev–Trinajstić information content (AvgIpc) is 3.38. The van der Waals surface area contributed by atoms with Crippen LogP contribution in [-0.2, 0) is 31.1 Å². The maximum Gasteiger partial charge on any atom is 0.0701 e. The van der Waals surface area contributed by atoms with Crippen LogP contribution >= 0.6 is 0 Å². The van der Waals surface area contributed by atoms with Crippen molar-refractivity contribution < 1.29 is 0 Å². The zero-order valence-electron chi connectivity index (χ0n) is 37.9. The number of aliphatic imine (C=N–C) groups is 4. The summed E-state index contributed by atoms with van der Waals surface area (Å²) in [5.74, 6) is 0. The lowest BCUT2D eigenvalue weighted by molar-refractivity contribution is 0.745. The van der Waals surface area contributed by atoms with Crippen LogP contribution in [0.1, 0.15) is 94.5 Å². The summed E-state index contributed by atoms with van der Waals surface area (Å²) in [5.41, 5.74) is 16.9. The van der Waals surface area contributed by atoms with E-state index in [1.807, 2.05) is 24.9 Å². The van der Waals surface area contributed by atoms with Crippen molar-refractivity contribution in [2.75, 3.05) is 0 Å². The van der Waals surface area contributed by atoms with E-state index in [-0.39, 0.29) is 0 Å². The Hall–Kier alpha value is -7.56. The lowest BCUT2D eigenvalue weighted by Gasteiger charge is -2.37. The SMILES string of the molecule is CCc1ccc(N=Cc2ccc(C(c3ccc(C=Nc4ccc(CC)cc4)cc3)(c3ccc(C=Nc4ccc(CC)cc4)cc3)c3ccc(C=Nc4ccc(CC)cc4)cc3)cc2)cc1. The van der Waals surface area contributed by atoms with Gasteiger partial charge in [0.25, 0.3) is 0 Å². The van der Waals surface area contributed by atoms with Crippen LogP contribution in [0.25, 0.3) is 0 Å². The van der Waals surface area contributed by atoms with Crippen LogP contribution < -0.4 is 0 Å². The molecule has 0 spiro atoms. The smallest absolute Gasteiger partial charge is 0.0701 e. The van der Waals surface area contributed by atoms with Gasteiger partial charge in [0.1, 0.15) is 0 Å². The van der Waals surface area contributed by atoms with Crippen molar-refractivity contribution >= 4 is 47.6 Å². The van der Waals surface area contributed by atoms with Gasteiger partial charge >= 0.3 is 0 Å². The highest BCUT2D eigenvalue weighted by atomic mass is 14.7. The molecular formula is C61H56N4. The molecule has 8 aromatic rings. The molecule has 0 amide bonds. The van der Waals surface area contributed by atoms with E-state index in [0.717, 1.165) is 92.9 Å². The van der Waals surface area contributed by atoms with E-state index in [1.54, 1.807) is 0 Å². The lowest BCUT2D eigenvalue weighted by atomic mass is 9.65. The quantitative estimate of drug-likeness (QED) is 0.0687. The number of nitrogens with zero attached hydrogens (tertiary/aromatic N) is 4. The zero-order chi connectivity index (χ0) is 44.9. The Labute approximate surface area is 385 Å². The Bertz CT molecular complexity index is 2460. The van der Waals surface area contributed by atoms with Gasteiger partial charge in [-0.1, -0.05) is 173 Å². The third kappa shape index (κ3) is 10.8. The topological polar surface area (TPSA) is 49.4 Å². The number of benzene rings is 8. The summed E-state index contributed by atoms with van der Waals surface area (Å²) >= 11 is 0. The Balaban J connectivity index is 1.22. The molecule has 8 rings (SSSR count). The minimum atomic E-state index is -0.700. The Kier molecular flexibility index (Phi) is 14.4. The van der Waals surface area contributed by atoms with E-state index in [4.69, 9.17) is 20.0 Å². The van der Waals surface area contributed by atoms with Crippen LogP contribution in [0.4, 0.5) is 22.7 Å². The van der Waals surface area contributed by atoms with Crippen LogP contribution in [-0.4, -0.2) is 24.9 Å². The maximum absolute atomic E-state index is 4.83. The molecule has 0 aliphatic carbocycles. The zero-order valence-corrected chi connectivity index (χ0v) is 37.9. The fourth-order valence-corrected chi connectivity index (χ4v) is 8.14. The van der Waals surface area contributed by atoms with Crippen molar-refractivity contribution in [3.63, 3.8) is 0 Å². The van der Waals surface area contributed by atoms with Crippen molar-refractivity contribution in [2.45, 2.75) is 58.8 Å². The molecule has 0 saturated heterocycles. The summed E-state index contributed by atoms with van der Waals surface area (Å²) in [4.78, 5) is 19.3. The van der Waals surface area contributed by atoms with Crippen molar-refractivity contribution in [1.82, 2.24) is 0 Å². The first kappa shape index (κ1) is 44.1. The molecule has 0 bridgehead atoms. The molecule has 0 atom stereocenters. The van der Waals surface area contributed by atoms with E-state index < -0.39 is 5.41 Å². The molecule has 65 heavy (non-hydrogen) atoms. The van der Waals surface area contributed by atoms with Gasteiger partial charge in [0.05, 0.1) is 28.2 Å². The number of rotatable bonds is 16. The average molecular weight is 845 g/mol. The fraction of sp³-hybridized carbons (Fsp3) is 0.148. The van der Waals surface area contributed by atoms with Crippen molar-refractivity contribution in [3.8, 4) is 0 Å². The third-order valence-corrected chi connectivity index (χ3v) is 12.2. The summed E-state index contributed by atoms with van der Waals surface area (Å²) in [7, 11) is 0. The molecule has 4 nitrogen and oxygen atoms in total. The van der Waals surface area contributed by atoms with E-state index >= 15 is 0 Å². The van der Waals surface area contributed by atoms with Gasteiger partial charge in [-0.2, -0.15) is 0 Å². The molecule has 4 heteroatoms. The molecule has 0 N–H and O–H groups in total. The highest BCUT2D eigenvalue weighted by Gasteiger charge is 2.38. The molecule has 0 aliphatic heterocycles. The second-order valence-electron chi connectivity index (χ2n) is 16.4. The molecule has 0 saturated carbocycles. The second-order valence-corrected chi connectivity index (χ2v) is 16.4. The molecule has 0 radical (unpaired) electrons. The number of aryl methyl sites for hydroxylation is 4. The molecule has 320 valence electrons. The Morgan fingerprint density at radius 3 is 0.615 bits per heavy atom. The van der Waals surface area contributed by atoms with Gasteiger partial charge in [0.2, 0.25) is 0 Å². The van der Waals surface area contributed by atoms with Gasteiger partial charge in [-0.15, -0.1) is 0 Å². The highest BCUT2D eigenvalue weighted by molar-refractivity contribution is 5.85. The summed E-state index contributed by atoms with van der Waals surface area (Å²) < 4.78 is 0. The first-order valence-corrected chi connectivity index (χ1v) is 22.9. The van der Waals surface area contributed by atoms with Crippen molar-refractivity contribution in [2.24, 2.45) is 20.0 Å². The van der Waals surface area contributed by atoms with Crippen LogP contribution in [0.3, 0.4) is 0 Å². The predicted molar refractivity (Wildman–Crippen MR) is 277 cm³/mol. The van der Waals surface area contributed by atoms with Crippen LogP contribution in [0.15, 0.2) is 214 Å². The van der Waals surface area contributed by atoms with Crippen molar-refractivity contribution in [3.05, 3.63) is 261 Å². The highest BCUT2D eigenvalue weighted by Crippen LogP contribution is 2.45. The maximum atomic E-state index is 4.83. The first-order valence-electron chi connectivity index (χ1n) is 22.9. The molecule has 0 fully saturated rings. The van der Waals surface area contributed by atoms with Gasteiger partial charge in [0, 0.05) is 24.9 Å².